The van der Waals surface area contributed by atoms with Gasteiger partial charge in [-0.25, -0.2) is 9.59 Å². The van der Waals surface area contributed by atoms with Gasteiger partial charge in [0.25, 0.3) is 5.56 Å². The van der Waals surface area contributed by atoms with Crippen LogP contribution in [0.4, 0.5) is 0 Å². The van der Waals surface area contributed by atoms with Gasteiger partial charge in [0.1, 0.15) is 17.2 Å². The summed E-state index contributed by atoms with van der Waals surface area (Å²) in [6, 6.07) is 8.58. The lowest BCUT2D eigenvalue weighted by atomic mass is 10.1. The van der Waals surface area contributed by atoms with Gasteiger partial charge in [-0.1, -0.05) is 19.1 Å². The summed E-state index contributed by atoms with van der Waals surface area (Å²) >= 11 is 0. The molecule has 7 heteroatoms. The lowest BCUT2D eigenvalue weighted by Gasteiger charge is -2.11. The third-order valence-electron chi connectivity index (χ3n) is 4.33. The predicted molar refractivity (Wildman–Crippen MR) is 96.3 cm³/mol. The van der Waals surface area contributed by atoms with Crippen LogP contribution in [0.15, 0.2) is 49.3 Å². The zero-order chi connectivity index (χ0) is 18.8. The minimum Gasteiger partial charge on any atom is -0.423 e. The molecule has 0 aliphatic rings. The Bertz CT molecular complexity index is 1210. The molecule has 0 atom stereocenters. The fourth-order valence-electron chi connectivity index (χ4n) is 2.89. The van der Waals surface area contributed by atoms with E-state index in [1.54, 1.807) is 13.0 Å². The monoisotopic (exact) mass is 351 g/mol. The highest BCUT2D eigenvalue weighted by molar-refractivity contribution is 5.80. The summed E-state index contributed by atoms with van der Waals surface area (Å²) in [4.78, 5) is 36.9. The second-order valence-corrected chi connectivity index (χ2v) is 5.89. The Labute approximate surface area is 148 Å². The molecule has 2 heterocycles. The highest BCUT2D eigenvalue weighted by atomic mass is 16.4. The molecule has 0 N–H and O–H groups in total. The van der Waals surface area contributed by atoms with Gasteiger partial charge < -0.3 is 4.42 Å². The van der Waals surface area contributed by atoms with E-state index in [1.165, 1.54) is 16.8 Å². The summed E-state index contributed by atoms with van der Waals surface area (Å²) in [5.41, 5.74) is 0.0441. The Morgan fingerprint density at radius 2 is 1.92 bits per heavy atom. The Balaban J connectivity index is 2.25. The molecule has 0 saturated carbocycles. The highest BCUT2D eigenvalue weighted by Gasteiger charge is 2.14. The van der Waals surface area contributed by atoms with Crippen molar-refractivity contribution in [3.05, 3.63) is 78.4 Å². The first-order chi connectivity index (χ1) is 12.5. The number of hydrogen-bond donors (Lipinski definition) is 0. The molecule has 0 amide bonds. The molecule has 0 aliphatic heterocycles. The van der Waals surface area contributed by atoms with Gasteiger partial charge in [-0.05, 0) is 30.5 Å². The molecule has 3 rings (SSSR count). The van der Waals surface area contributed by atoms with Gasteiger partial charge >= 0.3 is 11.3 Å². The zero-order valence-electron chi connectivity index (χ0n) is 14.5. The quantitative estimate of drug-likeness (QED) is 0.665. The van der Waals surface area contributed by atoms with Crippen LogP contribution in [0.3, 0.4) is 0 Å². The van der Waals surface area contributed by atoms with Crippen LogP contribution < -0.4 is 16.9 Å². The molecule has 0 unspecified atom stereocenters. The van der Waals surface area contributed by atoms with Crippen molar-refractivity contribution < 1.29 is 4.42 Å². The van der Waals surface area contributed by atoms with E-state index in [0.29, 0.717) is 23.1 Å². The van der Waals surface area contributed by atoms with E-state index in [-0.39, 0.29) is 12.1 Å². The Morgan fingerprint density at radius 1 is 1.15 bits per heavy atom. The number of fused-ring (bicyclic) bond motifs is 1. The number of nitrogens with zero attached hydrogens (tertiary/aromatic N) is 3. The van der Waals surface area contributed by atoms with Gasteiger partial charge in [-0.3, -0.25) is 13.9 Å². The van der Waals surface area contributed by atoms with E-state index < -0.39 is 16.9 Å². The second kappa shape index (κ2) is 6.84. The fraction of sp³-hybridized carbons (Fsp3) is 0.263. The Kier molecular flexibility index (Phi) is 4.59. The van der Waals surface area contributed by atoms with Crippen molar-refractivity contribution in [2.75, 3.05) is 0 Å². The molecule has 0 saturated heterocycles. The van der Waals surface area contributed by atoms with Crippen LogP contribution in [0.5, 0.6) is 0 Å². The molecular formula is C19H17N3O4. The molecule has 1 aromatic carbocycles. The number of hydrogen-bond acceptors (Lipinski definition) is 5. The molecule has 3 aromatic rings. The van der Waals surface area contributed by atoms with Crippen LogP contribution in [-0.2, 0) is 19.5 Å². The van der Waals surface area contributed by atoms with Crippen LogP contribution in [-0.4, -0.2) is 9.13 Å². The summed E-state index contributed by atoms with van der Waals surface area (Å²) in [6.45, 7) is 3.95. The number of rotatable bonds is 4. The summed E-state index contributed by atoms with van der Waals surface area (Å²) in [5, 5.41) is 9.80. The molecule has 0 spiro atoms. The van der Waals surface area contributed by atoms with Crippen molar-refractivity contribution in [1.82, 2.24) is 9.13 Å². The Morgan fingerprint density at radius 3 is 2.58 bits per heavy atom. The maximum absolute atomic E-state index is 12.5. The lowest BCUT2D eigenvalue weighted by Crippen LogP contribution is -2.41. The number of benzene rings is 1. The van der Waals surface area contributed by atoms with E-state index in [9.17, 15) is 14.4 Å². The maximum Gasteiger partial charge on any atom is 0.336 e. The van der Waals surface area contributed by atoms with E-state index in [4.69, 9.17) is 9.68 Å². The molecule has 0 fully saturated rings. The third kappa shape index (κ3) is 2.97. The summed E-state index contributed by atoms with van der Waals surface area (Å²) in [7, 11) is 0. The van der Waals surface area contributed by atoms with Gasteiger partial charge in [0.2, 0.25) is 0 Å². The predicted octanol–water partition coefficient (Wildman–Crippen LogP) is 1.62. The average molecular weight is 351 g/mol. The summed E-state index contributed by atoms with van der Waals surface area (Å²) in [5.74, 6) is 0. The summed E-state index contributed by atoms with van der Waals surface area (Å²) < 4.78 is 7.52. The summed E-state index contributed by atoms with van der Waals surface area (Å²) in [6.07, 6.45) is 2.04. The minimum absolute atomic E-state index is 0.110. The van der Waals surface area contributed by atoms with Crippen molar-refractivity contribution >= 4 is 11.0 Å². The van der Waals surface area contributed by atoms with Gasteiger partial charge in [-0.15, -0.1) is 0 Å². The first-order valence-corrected chi connectivity index (χ1v) is 8.28. The van der Waals surface area contributed by atoms with Crippen LogP contribution in [0.25, 0.3) is 11.0 Å². The number of aryl methyl sites for hydroxylation is 2. The average Bonchev–Trinajstić information content (AvgIpc) is 2.64. The van der Waals surface area contributed by atoms with E-state index in [1.807, 2.05) is 25.1 Å². The third-order valence-corrected chi connectivity index (χ3v) is 4.33. The van der Waals surface area contributed by atoms with Gasteiger partial charge in [0.15, 0.2) is 0 Å². The van der Waals surface area contributed by atoms with Crippen molar-refractivity contribution in [1.29, 1.82) is 5.26 Å². The van der Waals surface area contributed by atoms with Crippen LogP contribution in [0, 0.1) is 11.3 Å². The molecular weight excluding hydrogens is 334 g/mol. The van der Waals surface area contributed by atoms with Crippen molar-refractivity contribution in [2.45, 2.75) is 33.4 Å². The smallest absolute Gasteiger partial charge is 0.336 e. The molecule has 0 radical (unpaired) electrons. The van der Waals surface area contributed by atoms with Crippen molar-refractivity contribution in [3.63, 3.8) is 0 Å². The largest absolute Gasteiger partial charge is 0.423 e. The topological polar surface area (TPSA) is 98.0 Å². The van der Waals surface area contributed by atoms with Crippen molar-refractivity contribution in [3.8, 4) is 6.07 Å². The van der Waals surface area contributed by atoms with Gasteiger partial charge in [0, 0.05) is 24.2 Å². The van der Waals surface area contributed by atoms with E-state index >= 15 is 0 Å². The first kappa shape index (κ1) is 17.4. The molecule has 7 nitrogen and oxygen atoms in total. The van der Waals surface area contributed by atoms with E-state index in [2.05, 4.69) is 0 Å². The lowest BCUT2D eigenvalue weighted by molar-refractivity contribution is 0.553. The molecule has 132 valence electrons. The highest BCUT2D eigenvalue weighted by Crippen LogP contribution is 2.19. The second-order valence-electron chi connectivity index (χ2n) is 5.89. The van der Waals surface area contributed by atoms with Gasteiger partial charge in [-0.2, -0.15) is 5.26 Å². The van der Waals surface area contributed by atoms with Gasteiger partial charge in [0.05, 0.1) is 6.54 Å². The first-order valence-electron chi connectivity index (χ1n) is 8.28. The number of aromatic nitrogens is 2. The molecule has 2 aromatic heterocycles. The standard InChI is InChI=1S/C19H17N3O4/c1-3-12-5-6-15-13(8-17(23)26-16(15)7-12)11-22-18(24)14(9-20)10-21(4-2)19(22)25/h5-8,10H,3-4,11H2,1-2H3. The van der Waals surface area contributed by atoms with E-state index in [0.717, 1.165) is 16.6 Å². The van der Waals surface area contributed by atoms with Crippen LogP contribution in [0.2, 0.25) is 0 Å². The Hall–Kier alpha value is -3.40. The zero-order valence-corrected chi connectivity index (χ0v) is 14.5. The molecule has 0 bridgehead atoms. The fourth-order valence-corrected chi connectivity index (χ4v) is 2.89. The van der Waals surface area contributed by atoms with Crippen LogP contribution >= 0.6 is 0 Å². The minimum atomic E-state index is -0.672. The van der Waals surface area contributed by atoms with Crippen molar-refractivity contribution in [2.24, 2.45) is 0 Å². The van der Waals surface area contributed by atoms with Crippen LogP contribution in [0.1, 0.15) is 30.5 Å². The molecule has 26 heavy (non-hydrogen) atoms. The number of nitriles is 1. The maximum atomic E-state index is 12.5. The SMILES string of the molecule is CCc1ccc2c(Cn3c(=O)c(C#N)cn(CC)c3=O)cc(=O)oc2c1. The molecule has 0 aliphatic carbocycles. The normalized spacial score (nSPS) is 10.8.